The molecule has 1 saturated heterocycles. The fourth-order valence-corrected chi connectivity index (χ4v) is 2.66. The molecule has 1 saturated carbocycles. The number of amides is 1. The van der Waals surface area contributed by atoms with Crippen LogP contribution in [0.4, 0.5) is 10.2 Å². The predicted molar refractivity (Wildman–Crippen MR) is 63.5 cm³/mol. The van der Waals surface area contributed by atoms with E-state index in [1.54, 1.807) is 13.8 Å². The van der Waals surface area contributed by atoms with Crippen molar-refractivity contribution >= 4 is 11.7 Å². The molecule has 3 atom stereocenters. The number of aliphatic hydroxyl groups is 1. The molecule has 96 valence electrons. The predicted octanol–water partition coefficient (Wildman–Crippen LogP) is 1.57. The zero-order valence-corrected chi connectivity index (χ0v) is 10.4. The van der Waals surface area contributed by atoms with Gasteiger partial charge in [-0.1, -0.05) is 0 Å². The Balaban J connectivity index is 1.99. The first-order valence-electron chi connectivity index (χ1n) is 6.15. The molecule has 1 aliphatic carbocycles. The third kappa shape index (κ3) is 1.54. The minimum atomic E-state index is -0.760. The summed E-state index contributed by atoms with van der Waals surface area (Å²) in [5.74, 6) is 0.0612. The van der Waals surface area contributed by atoms with Crippen molar-refractivity contribution in [2.75, 3.05) is 11.4 Å². The van der Waals surface area contributed by atoms with Crippen molar-refractivity contribution in [3.8, 4) is 0 Å². The average Bonchev–Trinajstić information content (AvgIpc) is 3.02. The molecule has 0 spiro atoms. The van der Waals surface area contributed by atoms with Gasteiger partial charge < -0.3 is 5.11 Å². The van der Waals surface area contributed by atoms with Crippen LogP contribution in [0.2, 0.25) is 0 Å². The molecule has 1 aromatic rings. The summed E-state index contributed by atoms with van der Waals surface area (Å²) in [7, 11) is 0. The third-order valence-corrected chi connectivity index (χ3v) is 3.91. The molecular weight excluding hydrogens is 235 g/mol. The maximum atomic E-state index is 14.2. The topological polar surface area (TPSA) is 53.4 Å². The number of piperidine rings is 1. The first kappa shape index (κ1) is 11.6. The first-order valence-corrected chi connectivity index (χ1v) is 6.15. The van der Waals surface area contributed by atoms with Gasteiger partial charge in [0, 0.05) is 24.2 Å². The molecule has 0 aromatic carbocycles. The summed E-state index contributed by atoms with van der Waals surface area (Å²) in [5.41, 5.74) is 0.830. The molecule has 1 aliphatic heterocycles. The van der Waals surface area contributed by atoms with Gasteiger partial charge in [0.05, 0.1) is 6.10 Å². The molecule has 1 N–H and O–H groups in total. The van der Waals surface area contributed by atoms with E-state index in [1.807, 2.05) is 0 Å². The fraction of sp³-hybridized carbons (Fsp3) is 0.538. The van der Waals surface area contributed by atoms with Gasteiger partial charge in [-0.25, -0.2) is 9.37 Å². The standard InChI is InChI=1S/C13H15FN2O2/c1-6-10(7(2)17)4-15-12(11(6)14)16-5-8-3-9(8)13(16)18/h4,7-9,17H,3,5H2,1-2H3/t7?,8-,9-/m1/s1. The van der Waals surface area contributed by atoms with Crippen molar-refractivity contribution < 1.29 is 14.3 Å². The van der Waals surface area contributed by atoms with E-state index in [-0.39, 0.29) is 17.6 Å². The molecule has 5 heteroatoms. The van der Waals surface area contributed by atoms with Crippen LogP contribution in [0.5, 0.6) is 0 Å². The molecule has 2 aliphatic rings. The van der Waals surface area contributed by atoms with Crippen molar-refractivity contribution in [1.29, 1.82) is 0 Å². The Morgan fingerprint density at radius 3 is 2.89 bits per heavy atom. The van der Waals surface area contributed by atoms with Crippen molar-refractivity contribution in [2.45, 2.75) is 26.4 Å². The van der Waals surface area contributed by atoms with E-state index in [1.165, 1.54) is 11.1 Å². The second-order valence-electron chi connectivity index (χ2n) is 5.20. The van der Waals surface area contributed by atoms with E-state index in [2.05, 4.69) is 4.98 Å². The maximum absolute atomic E-state index is 14.2. The number of carbonyl (C=O) groups excluding carboxylic acids is 1. The molecule has 4 nitrogen and oxygen atoms in total. The van der Waals surface area contributed by atoms with Gasteiger partial charge in [-0.05, 0) is 31.7 Å². The number of nitrogens with zero attached hydrogens (tertiary/aromatic N) is 2. The number of carbonyl (C=O) groups is 1. The van der Waals surface area contributed by atoms with Gasteiger partial charge in [0.25, 0.3) is 0 Å². The van der Waals surface area contributed by atoms with Crippen molar-refractivity contribution in [2.24, 2.45) is 11.8 Å². The van der Waals surface area contributed by atoms with Crippen LogP contribution in [-0.2, 0) is 4.79 Å². The Hall–Kier alpha value is -1.49. The third-order valence-electron chi connectivity index (χ3n) is 3.91. The number of aromatic nitrogens is 1. The minimum Gasteiger partial charge on any atom is -0.389 e. The van der Waals surface area contributed by atoms with Crippen LogP contribution in [0.15, 0.2) is 6.20 Å². The van der Waals surface area contributed by atoms with Gasteiger partial charge in [0.1, 0.15) is 0 Å². The molecule has 2 heterocycles. The largest absolute Gasteiger partial charge is 0.389 e. The Kier molecular flexibility index (Phi) is 2.41. The van der Waals surface area contributed by atoms with E-state index in [0.29, 0.717) is 23.6 Å². The summed E-state index contributed by atoms with van der Waals surface area (Å²) in [6, 6.07) is 0. The summed E-state index contributed by atoms with van der Waals surface area (Å²) in [6.45, 7) is 3.74. The minimum absolute atomic E-state index is 0.0180. The number of anilines is 1. The molecular formula is C13H15FN2O2. The Labute approximate surface area is 104 Å². The second kappa shape index (κ2) is 3.75. The molecule has 2 fully saturated rings. The van der Waals surface area contributed by atoms with Crippen molar-refractivity contribution in [3.05, 3.63) is 23.1 Å². The first-order chi connectivity index (χ1) is 8.50. The number of rotatable bonds is 2. The van der Waals surface area contributed by atoms with Crippen LogP contribution >= 0.6 is 0 Å². The molecule has 0 bridgehead atoms. The summed E-state index contributed by atoms with van der Waals surface area (Å²) in [6.07, 6.45) is 1.63. The van der Waals surface area contributed by atoms with Gasteiger partial charge in [-0.15, -0.1) is 0 Å². The van der Waals surface area contributed by atoms with Crippen LogP contribution < -0.4 is 4.90 Å². The van der Waals surface area contributed by atoms with E-state index in [4.69, 9.17) is 0 Å². The van der Waals surface area contributed by atoms with Crippen LogP contribution in [0.1, 0.15) is 30.6 Å². The van der Waals surface area contributed by atoms with E-state index in [9.17, 15) is 14.3 Å². The molecule has 18 heavy (non-hydrogen) atoms. The Morgan fingerprint density at radius 2 is 2.33 bits per heavy atom. The lowest BCUT2D eigenvalue weighted by Gasteiger charge is -2.20. The maximum Gasteiger partial charge on any atom is 0.231 e. The van der Waals surface area contributed by atoms with Gasteiger partial charge in [-0.3, -0.25) is 9.69 Å². The second-order valence-corrected chi connectivity index (χ2v) is 5.20. The van der Waals surface area contributed by atoms with Crippen molar-refractivity contribution in [3.63, 3.8) is 0 Å². The zero-order valence-electron chi connectivity index (χ0n) is 10.4. The SMILES string of the molecule is Cc1c(C(C)O)cnc(N2C[C@H]3C[C@H]3C2=O)c1F. The summed E-state index contributed by atoms with van der Waals surface area (Å²) < 4.78 is 14.2. The van der Waals surface area contributed by atoms with Crippen LogP contribution in [0.3, 0.4) is 0 Å². The number of hydrogen-bond acceptors (Lipinski definition) is 3. The molecule has 0 radical (unpaired) electrons. The summed E-state index contributed by atoms with van der Waals surface area (Å²) in [4.78, 5) is 17.4. The number of hydrogen-bond donors (Lipinski definition) is 1. The lowest BCUT2D eigenvalue weighted by Crippen LogP contribution is -2.30. The quantitative estimate of drug-likeness (QED) is 0.866. The Bertz CT molecular complexity index is 530. The molecule has 1 unspecified atom stereocenters. The molecule has 1 amide bonds. The summed E-state index contributed by atoms with van der Waals surface area (Å²) >= 11 is 0. The smallest absolute Gasteiger partial charge is 0.231 e. The highest BCUT2D eigenvalue weighted by Crippen LogP contribution is 2.47. The van der Waals surface area contributed by atoms with E-state index in [0.717, 1.165) is 6.42 Å². The van der Waals surface area contributed by atoms with Crippen molar-refractivity contribution in [1.82, 2.24) is 4.98 Å². The fourth-order valence-electron chi connectivity index (χ4n) is 2.66. The van der Waals surface area contributed by atoms with Crippen LogP contribution in [0.25, 0.3) is 0 Å². The number of pyridine rings is 1. The summed E-state index contributed by atoms with van der Waals surface area (Å²) in [5, 5.41) is 9.50. The normalized spacial score (nSPS) is 27.3. The average molecular weight is 250 g/mol. The van der Waals surface area contributed by atoms with Crippen LogP contribution in [0, 0.1) is 24.6 Å². The van der Waals surface area contributed by atoms with Gasteiger partial charge in [0.15, 0.2) is 11.6 Å². The van der Waals surface area contributed by atoms with E-state index < -0.39 is 11.9 Å². The monoisotopic (exact) mass is 250 g/mol. The number of fused-ring (bicyclic) bond motifs is 1. The van der Waals surface area contributed by atoms with Gasteiger partial charge in [-0.2, -0.15) is 0 Å². The van der Waals surface area contributed by atoms with Crippen LogP contribution in [-0.4, -0.2) is 22.5 Å². The lowest BCUT2D eigenvalue weighted by molar-refractivity contribution is -0.118. The lowest BCUT2D eigenvalue weighted by atomic mass is 10.1. The highest BCUT2D eigenvalue weighted by atomic mass is 19.1. The van der Waals surface area contributed by atoms with Gasteiger partial charge in [0.2, 0.25) is 5.91 Å². The van der Waals surface area contributed by atoms with Gasteiger partial charge >= 0.3 is 0 Å². The number of halogens is 1. The Morgan fingerprint density at radius 1 is 1.61 bits per heavy atom. The zero-order chi connectivity index (χ0) is 13.0. The molecule has 1 aromatic heterocycles. The van der Waals surface area contributed by atoms with E-state index >= 15 is 0 Å². The number of aliphatic hydroxyl groups excluding tert-OH is 1. The molecule has 3 rings (SSSR count). The highest BCUT2D eigenvalue weighted by Gasteiger charge is 2.53. The highest BCUT2D eigenvalue weighted by molar-refractivity contribution is 5.99.